The number of aromatic nitrogens is 1. The average Bonchev–Trinajstić information content (AvgIpc) is 3.20. The highest BCUT2D eigenvalue weighted by Gasteiger charge is 2.34. The molecule has 0 aliphatic carbocycles. The molecule has 1 amide bonds. The number of nitrogens with two attached hydrogens (primary N) is 1. The molecule has 0 spiro atoms. The van der Waals surface area contributed by atoms with Crippen molar-refractivity contribution in [2.24, 2.45) is 5.73 Å². The van der Waals surface area contributed by atoms with E-state index in [-0.39, 0.29) is 17.7 Å². The van der Waals surface area contributed by atoms with E-state index >= 15 is 0 Å². The van der Waals surface area contributed by atoms with Gasteiger partial charge in [0.25, 0.3) is 5.91 Å². The van der Waals surface area contributed by atoms with Crippen molar-refractivity contribution in [3.63, 3.8) is 0 Å². The van der Waals surface area contributed by atoms with Crippen molar-refractivity contribution in [2.45, 2.75) is 18.3 Å². The topological polar surface area (TPSA) is 113 Å². The van der Waals surface area contributed by atoms with Gasteiger partial charge in [-0.15, -0.1) is 0 Å². The van der Waals surface area contributed by atoms with E-state index in [9.17, 15) is 9.90 Å². The molecular formula is C24H29N5O3. The first kappa shape index (κ1) is 22.2. The first-order chi connectivity index (χ1) is 15.6. The molecule has 2 aromatic carbocycles. The third-order valence-electron chi connectivity index (χ3n) is 5.92. The number of ether oxygens (including phenoxy) is 1. The highest BCUT2D eigenvalue weighted by Crippen LogP contribution is 2.29. The molecule has 1 saturated heterocycles. The van der Waals surface area contributed by atoms with Crippen molar-refractivity contribution in [3.8, 4) is 0 Å². The first-order valence-electron chi connectivity index (χ1n) is 10.7. The number of pyridine rings is 1. The van der Waals surface area contributed by atoms with Crippen molar-refractivity contribution in [2.75, 3.05) is 38.7 Å². The van der Waals surface area contributed by atoms with Gasteiger partial charge in [-0.05, 0) is 5.56 Å². The minimum atomic E-state index is -1.10. The number of primary amides is 1. The molecule has 8 heteroatoms. The van der Waals surface area contributed by atoms with E-state index in [4.69, 9.17) is 10.5 Å². The molecule has 0 bridgehead atoms. The van der Waals surface area contributed by atoms with Gasteiger partial charge >= 0.3 is 0 Å². The molecule has 8 nitrogen and oxygen atoms in total. The molecule has 0 saturated carbocycles. The second-order valence-electron chi connectivity index (χ2n) is 8.02. The fourth-order valence-corrected chi connectivity index (χ4v) is 4.37. The summed E-state index contributed by atoms with van der Waals surface area (Å²) in [5.41, 5.74) is 7.27. The number of nitrogens with zero attached hydrogens (tertiary/aromatic N) is 2. The Bertz CT molecular complexity index is 1060. The summed E-state index contributed by atoms with van der Waals surface area (Å²) in [5.74, 6) is -0.454. The Morgan fingerprint density at radius 1 is 1.22 bits per heavy atom. The van der Waals surface area contributed by atoms with Crippen molar-refractivity contribution < 1.29 is 14.6 Å². The molecule has 3 aromatic rings. The number of likely N-dealkylation sites (tertiary alicyclic amines) is 1. The van der Waals surface area contributed by atoms with Crippen LogP contribution in [0.15, 0.2) is 60.8 Å². The van der Waals surface area contributed by atoms with Gasteiger partial charge in [0.1, 0.15) is 0 Å². The number of anilines is 1. The molecule has 1 aliphatic heterocycles. The van der Waals surface area contributed by atoms with Crippen LogP contribution in [0.5, 0.6) is 0 Å². The van der Waals surface area contributed by atoms with Gasteiger partial charge in [-0.2, -0.15) is 0 Å². The molecule has 0 radical (unpaired) electrons. The Hall–Kier alpha value is -3.04. The van der Waals surface area contributed by atoms with Crippen LogP contribution in [0, 0.1) is 0 Å². The largest absolute Gasteiger partial charge is 0.383 e. The van der Waals surface area contributed by atoms with Gasteiger partial charge in [0.2, 0.25) is 0 Å². The van der Waals surface area contributed by atoms with E-state index in [1.165, 1.54) is 5.56 Å². The summed E-state index contributed by atoms with van der Waals surface area (Å²) in [6.07, 6.45) is 0.510. The lowest BCUT2D eigenvalue weighted by Crippen LogP contribution is -2.46. The molecule has 32 heavy (non-hydrogen) atoms. The summed E-state index contributed by atoms with van der Waals surface area (Å²) in [6, 6.07) is 17.8. The lowest BCUT2D eigenvalue weighted by atomic mass is 9.94. The van der Waals surface area contributed by atoms with E-state index in [0.29, 0.717) is 12.3 Å². The number of carbonyl (C=O) groups is 1. The Labute approximate surface area is 187 Å². The van der Waals surface area contributed by atoms with Gasteiger partial charge in [-0.3, -0.25) is 15.0 Å². The maximum Gasteiger partial charge on any atom is 0.269 e. The molecule has 4 rings (SSSR count). The lowest BCUT2D eigenvalue weighted by Gasteiger charge is -2.25. The van der Waals surface area contributed by atoms with Gasteiger partial charge in [-0.1, -0.05) is 54.6 Å². The molecule has 168 valence electrons. The van der Waals surface area contributed by atoms with Crippen LogP contribution in [0.4, 0.5) is 5.69 Å². The first-order valence-corrected chi connectivity index (χ1v) is 10.7. The number of hydrogen-bond acceptors (Lipinski definition) is 7. The SMILES string of the molecule is COCCN1C[C@@H](NC(O)Nc2c(C(N)=O)ncc3ccccc23)[C@H](c2ccccc2)C1. The number of hydrogen-bond donors (Lipinski definition) is 4. The van der Waals surface area contributed by atoms with Crippen molar-refractivity contribution in [1.29, 1.82) is 0 Å². The van der Waals surface area contributed by atoms with Gasteiger partial charge in [0, 0.05) is 55.7 Å². The Balaban J connectivity index is 1.55. The van der Waals surface area contributed by atoms with Gasteiger partial charge in [0.05, 0.1) is 12.3 Å². The van der Waals surface area contributed by atoms with Crippen LogP contribution in [0.3, 0.4) is 0 Å². The molecule has 1 unspecified atom stereocenters. The summed E-state index contributed by atoms with van der Waals surface area (Å²) in [5, 5.41) is 18.9. The highest BCUT2D eigenvalue weighted by atomic mass is 16.5. The quantitative estimate of drug-likeness (QED) is 0.379. The van der Waals surface area contributed by atoms with Crippen LogP contribution in [0.1, 0.15) is 22.0 Å². The number of aliphatic hydroxyl groups is 1. The Kier molecular flexibility index (Phi) is 6.96. The Morgan fingerprint density at radius 3 is 2.72 bits per heavy atom. The minimum absolute atomic E-state index is 0.00304. The second-order valence-corrected chi connectivity index (χ2v) is 8.02. The molecule has 1 aromatic heterocycles. The zero-order chi connectivity index (χ0) is 22.5. The van der Waals surface area contributed by atoms with Crippen LogP contribution in [-0.4, -0.2) is 66.6 Å². The zero-order valence-corrected chi connectivity index (χ0v) is 18.1. The number of nitrogens with one attached hydrogen (secondary N) is 2. The van der Waals surface area contributed by atoms with Gasteiger partial charge < -0.3 is 20.9 Å². The number of methoxy groups -OCH3 is 1. The fraction of sp³-hybridized carbons (Fsp3) is 0.333. The summed E-state index contributed by atoms with van der Waals surface area (Å²) in [6.45, 7) is 3.09. The smallest absolute Gasteiger partial charge is 0.269 e. The van der Waals surface area contributed by atoms with Crippen LogP contribution < -0.4 is 16.4 Å². The fourth-order valence-electron chi connectivity index (χ4n) is 4.37. The third-order valence-corrected chi connectivity index (χ3v) is 5.92. The second kappa shape index (κ2) is 10.1. The summed E-state index contributed by atoms with van der Waals surface area (Å²) in [7, 11) is 1.70. The van der Waals surface area contributed by atoms with Crippen LogP contribution in [0.25, 0.3) is 10.8 Å². The van der Waals surface area contributed by atoms with E-state index < -0.39 is 12.3 Å². The molecule has 5 N–H and O–H groups in total. The maximum absolute atomic E-state index is 12.0. The number of carbonyl (C=O) groups excluding carboxylic acids is 1. The third kappa shape index (κ3) is 4.89. The van der Waals surface area contributed by atoms with Crippen LogP contribution in [-0.2, 0) is 4.74 Å². The predicted molar refractivity (Wildman–Crippen MR) is 124 cm³/mol. The van der Waals surface area contributed by atoms with Crippen molar-refractivity contribution in [3.05, 3.63) is 72.1 Å². The van der Waals surface area contributed by atoms with Crippen molar-refractivity contribution >= 4 is 22.4 Å². The summed E-state index contributed by atoms with van der Waals surface area (Å²) in [4.78, 5) is 18.5. The van der Waals surface area contributed by atoms with E-state index in [1.54, 1.807) is 13.3 Å². The van der Waals surface area contributed by atoms with Gasteiger partial charge in [0.15, 0.2) is 12.0 Å². The zero-order valence-electron chi connectivity index (χ0n) is 18.1. The van der Waals surface area contributed by atoms with Crippen LogP contribution >= 0.6 is 0 Å². The molecule has 3 atom stereocenters. The van der Waals surface area contributed by atoms with Gasteiger partial charge in [-0.25, -0.2) is 4.98 Å². The standard InChI is InChI=1S/C24H29N5O3/c1-32-12-11-29-14-19(16-7-3-2-4-8-16)20(15-29)27-24(31)28-21-18-10-6-5-9-17(18)13-26-22(21)23(25)30/h2-10,13,19-20,24,27-28,31H,11-12,14-15H2,1H3,(H2,25,30)/t19-,20+,24?/m0/s1. The predicted octanol–water partition coefficient (Wildman–Crippen LogP) is 1.73. The normalized spacial score (nSPS) is 19.8. The van der Waals surface area contributed by atoms with E-state index in [0.717, 1.165) is 30.4 Å². The van der Waals surface area contributed by atoms with Crippen molar-refractivity contribution in [1.82, 2.24) is 15.2 Å². The number of aliphatic hydroxyl groups excluding tert-OH is 1. The van der Waals surface area contributed by atoms with E-state index in [2.05, 4.69) is 32.7 Å². The summed E-state index contributed by atoms with van der Waals surface area (Å²) >= 11 is 0. The number of rotatable bonds is 9. The monoisotopic (exact) mass is 435 g/mol. The Morgan fingerprint density at radius 2 is 1.97 bits per heavy atom. The highest BCUT2D eigenvalue weighted by molar-refractivity contribution is 6.05. The molecular weight excluding hydrogens is 406 g/mol. The number of amides is 1. The molecule has 1 aliphatic rings. The lowest BCUT2D eigenvalue weighted by molar-refractivity contribution is 0.0996. The van der Waals surface area contributed by atoms with E-state index in [1.807, 2.05) is 42.5 Å². The number of fused-ring (bicyclic) bond motifs is 1. The number of benzene rings is 2. The molecule has 2 heterocycles. The summed E-state index contributed by atoms with van der Waals surface area (Å²) < 4.78 is 5.24. The molecule has 1 fully saturated rings. The maximum atomic E-state index is 12.0. The van der Waals surface area contributed by atoms with Crippen LogP contribution in [0.2, 0.25) is 0 Å². The average molecular weight is 436 g/mol. The minimum Gasteiger partial charge on any atom is -0.383 e.